The van der Waals surface area contributed by atoms with Gasteiger partial charge in [-0.25, -0.2) is 4.79 Å². The zero-order valence-electron chi connectivity index (χ0n) is 22.2. The average molecular weight is 548 g/mol. The van der Waals surface area contributed by atoms with Gasteiger partial charge in [-0.1, -0.05) is 0 Å². The van der Waals surface area contributed by atoms with E-state index in [-0.39, 0.29) is 0 Å². The molecule has 212 valence electrons. The predicted octanol–water partition coefficient (Wildman–Crippen LogP) is 2.13. The molecule has 12 heteroatoms. The summed E-state index contributed by atoms with van der Waals surface area (Å²) in [6.45, 7) is 1.97. The van der Waals surface area contributed by atoms with Crippen LogP contribution in [0, 0.1) is 0 Å². The lowest BCUT2D eigenvalue weighted by atomic mass is 9.83. The third-order valence-electron chi connectivity index (χ3n) is 6.89. The van der Waals surface area contributed by atoms with Crippen molar-refractivity contribution in [3.05, 3.63) is 46.5 Å². The molecule has 0 fully saturated rings. The number of benzene rings is 2. The molecule has 0 aliphatic carbocycles. The number of carboxylic acids is 3. The van der Waals surface area contributed by atoms with E-state index in [0.29, 0.717) is 6.04 Å². The van der Waals surface area contributed by atoms with Gasteiger partial charge >= 0.3 is 17.9 Å². The van der Waals surface area contributed by atoms with Crippen LogP contribution in [0.2, 0.25) is 0 Å². The van der Waals surface area contributed by atoms with Gasteiger partial charge < -0.3 is 39.4 Å². The Labute approximate surface area is 225 Å². The summed E-state index contributed by atoms with van der Waals surface area (Å²) < 4.78 is 22.0. The summed E-state index contributed by atoms with van der Waals surface area (Å²) in [5.74, 6) is -1.82. The zero-order valence-corrected chi connectivity index (χ0v) is 22.2. The minimum Gasteiger partial charge on any atom is -0.493 e. The highest BCUT2D eigenvalue weighted by Crippen LogP contribution is 2.44. The van der Waals surface area contributed by atoms with Crippen molar-refractivity contribution >= 4 is 17.9 Å². The molecule has 4 N–H and O–H groups in total. The molecule has 0 bridgehead atoms. The molecule has 0 aromatic heterocycles. The van der Waals surface area contributed by atoms with Crippen LogP contribution in [0.3, 0.4) is 0 Å². The van der Waals surface area contributed by atoms with Crippen LogP contribution in [0.15, 0.2) is 24.3 Å². The Balaban J connectivity index is 0.000000276. The highest BCUT2D eigenvalue weighted by atomic mass is 16.5. The topological polar surface area (TPSA) is 172 Å². The van der Waals surface area contributed by atoms with Crippen LogP contribution in [0.4, 0.5) is 0 Å². The normalized spacial score (nSPS) is 15.9. The Morgan fingerprint density at radius 3 is 1.72 bits per heavy atom. The molecular formula is C27H33NO11. The lowest BCUT2D eigenvalue weighted by Crippen LogP contribution is -2.42. The van der Waals surface area contributed by atoms with E-state index >= 15 is 0 Å². The maximum absolute atomic E-state index is 10.3. The standard InChI is InChI=1S/C21H25NO4.C6H8O7/c1-23-18-8-13-5-6-22-12-15-10-20(25-3)19(24-2)9-14(15)7-17(22)16(13)11-21(18)26-4;7-3(8)1-6(13,5(11)12)2-4(9)10/h8-11,17H,5-7,12H2,1-4H3;13H,1-2H2,(H,7,8)(H,9,10)(H,11,12). The third-order valence-corrected chi connectivity index (χ3v) is 6.89. The third kappa shape index (κ3) is 6.52. The van der Waals surface area contributed by atoms with E-state index < -0.39 is 36.4 Å². The Morgan fingerprint density at radius 2 is 1.26 bits per heavy atom. The van der Waals surface area contributed by atoms with Crippen molar-refractivity contribution in [2.24, 2.45) is 0 Å². The number of hydrogen-bond acceptors (Lipinski definition) is 9. The van der Waals surface area contributed by atoms with Gasteiger partial charge in [-0.2, -0.15) is 0 Å². The van der Waals surface area contributed by atoms with Crippen LogP contribution in [-0.2, 0) is 33.8 Å². The van der Waals surface area contributed by atoms with Gasteiger partial charge in [0.05, 0.1) is 41.3 Å². The Bertz CT molecular complexity index is 1230. The summed E-state index contributed by atoms with van der Waals surface area (Å²) in [6, 6.07) is 8.88. The Morgan fingerprint density at radius 1 is 0.795 bits per heavy atom. The summed E-state index contributed by atoms with van der Waals surface area (Å²) in [5.41, 5.74) is 2.61. The van der Waals surface area contributed by atoms with E-state index in [2.05, 4.69) is 29.2 Å². The Kier molecular flexibility index (Phi) is 9.25. The first kappa shape index (κ1) is 29.5. The molecule has 0 amide bonds. The summed E-state index contributed by atoms with van der Waals surface area (Å²) >= 11 is 0. The van der Waals surface area contributed by atoms with Gasteiger partial charge in [-0.15, -0.1) is 0 Å². The molecular weight excluding hydrogens is 514 g/mol. The van der Waals surface area contributed by atoms with Gasteiger partial charge in [0, 0.05) is 19.1 Å². The largest absolute Gasteiger partial charge is 0.493 e. The smallest absolute Gasteiger partial charge is 0.336 e. The number of ether oxygens (including phenoxy) is 4. The number of hydrogen-bond donors (Lipinski definition) is 4. The number of methoxy groups -OCH3 is 4. The maximum atomic E-state index is 10.3. The highest BCUT2D eigenvalue weighted by molar-refractivity contribution is 5.88. The molecule has 39 heavy (non-hydrogen) atoms. The van der Waals surface area contributed by atoms with Gasteiger partial charge in [0.25, 0.3) is 0 Å². The quantitative estimate of drug-likeness (QED) is 0.361. The number of aliphatic carboxylic acids is 3. The molecule has 0 spiro atoms. The molecule has 2 aliphatic rings. The fourth-order valence-electron chi connectivity index (χ4n) is 4.95. The molecule has 4 rings (SSSR count). The fraction of sp³-hybridized carbons (Fsp3) is 0.444. The second-order valence-electron chi connectivity index (χ2n) is 9.30. The first-order valence-corrected chi connectivity index (χ1v) is 12.1. The lowest BCUT2D eigenvalue weighted by Gasteiger charge is -2.41. The van der Waals surface area contributed by atoms with Crippen molar-refractivity contribution in [2.75, 3.05) is 35.0 Å². The molecule has 1 unspecified atom stereocenters. The van der Waals surface area contributed by atoms with E-state index in [4.69, 9.17) is 39.4 Å². The molecule has 0 saturated carbocycles. The van der Waals surface area contributed by atoms with Crippen LogP contribution < -0.4 is 18.9 Å². The lowest BCUT2D eigenvalue weighted by molar-refractivity contribution is -0.170. The monoisotopic (exact) mass is 547 g/mol. The van der Waals surface area contributed by atoms with E-state index in [1.165, 1.54) is 22.3 Å². The summed E-state index contributed by atoms with van der Waals surface area (Å²) in [5, 5.41) is 33.8. The van der Waals surface area contributed by atoms with Crippen LogP contribution >= 0.6 is 0 Å². The first-order chi connectivity index (χ1) is 18.5. The number of nitrogens with zero attached hydrogens (tertiary/aromatic N) is 1. The van der Waals surface area contributed by atoms with Gasteiger partial charge in [-0.3, -0.25) is 14.5 Å². The van der Waals surface area contributed by atoms with Crippen molar-refractivity contribution in [3.8, 4) is 23.0 Å². The fourth-order valence-corrected chi connectivity index (χ4v) is 4.95. The van der Waals surface area contributed by atoms with Gasteiger partial charge in [0.2, 0.25) is 0 Å². The highest BCUT2D eigenvalue weighted by Gasteiger charge is 2.41. The molecule has 12 nitrogen and oxygen atoms in total. The van der Waals surface area contributed by atoms with Gasteiger partial charge in [0.15, 0.2) is 28.6 Å². The minimum atomic E-state index is -2.74. The van der Waals surface area contributed by atoms with Gasteiger partial charge in [0.1, 0.15) is 0 Å². The summed E-state index contributed by atoms with van der Waals surface area (Å²) in [7, 11) is 6.76. The van der Waals surface area contributed by atoms with Crippen molar-refractivity contribution in [1.29, 1.82) is 0 Å². The predicted molar refractivity (Wildman–Crippen MR) is 137 cm³/mol. The van der Waals surface area contributed by atoms with E-state index in [1.807, 2.05) is 0 Å². The Hall–Kier alpha value is -4.03. The van der Waals surface area contributed by atoms with Crippen LogP contribution in [0.1, 0.15) is 41.1 Å². The second-order valence-corrected chi connectivity index (χ2v) is 9.30. The number of aliphatic hydroxyl groups is 1. The molecule has 2 aliphatic heterocycles. The molecule has 2 heterocycles. The average Bonchev–Trinajstić information content (AvgIpc) is 2.89. The molecule has 1 atom stereocenters. The molecule has 2 aromatic rings. The van der Waals surface area contributed by atoms with Crippen LogP contribution in [0.25, 0.3) is 0 Å². The number of carbonyl (C=O) groups is 3. The molecule has 2 aromatic carbocycles. The van der Waals surface area contributed by atoms with E-state index in [0.717, 1.165) is 48.9 Å². The van der Waals surface area contributed by atoms with Crippen molar-refractivity contribution in [3.63, 3.8) is 0 Å². The first-order valence-electron chi connectivity index (χ1n) is 12.1. The maximum Gasteiger partial charge on any atom is 0.336 e. The number of carboxylic acid groups (broad SMARTS) is 3. The van der Waals surface area contributed by atoms with Crippen molar-refractivity contribution in [1.82, 2.24) is 4.90 Å². The SMILES string of the molecule is COc1cc2c(cc1OC)CN1CCc3cc(OC)c(OC)cc3C1C2.O=C(O)CC(O)(CC(=O)O)C(=O)O. The number of rotatable bonds is 9. The number of fused-ring (bicyclic) bond motifs is 4. The zero-order chi connectivity index (χ0) is 28.9. The molecule has 0 radical (unpaired) electrons. The van der Waals surface area contributed by atoms with Crippen LogP contribution in [-0.4, -0.2) is 83.8 Å². The van der Waals surface area contributed by atoms with Crippen molar-refractivity contribution in [2.45, 2.75) is 43.9 Å². The van der Waals surface area contributed by atoms with Gasteiger partial charge in [-0.05, 0) is 59.4 Å². The van der Waals surface area contributed by atoms with Crippen molar-refractivity contribution < 1.29 is 53.8 Å². The summed E-state index contributed by atoms with van der Waals surface area (Å²) in [6.07, 6.45) is -0.309. The van der Waals surface area contributed by atoms with Crippen LogP contribution in [0.5, 0.6) is 23.0 Å². The second kappa shape index (κ2) is 12.2. The minimum absolute atomic E-state index is 0.351. The van der Waals surface area contributed by atoms with E-state index in [1.54, 1.807) is 28.4 Å². The van der Waals surface area contributed by atoms with E-state index in [9.17, 15) is 14.4 Å². The summed E-state index contributed by atoms with van der Waals surface area (Å²) in [4.78, 5) is 33.0. The molecule has 0 saturated heterocycles.